The van der Waals surface area contributed by atoms with E-state index in [0.29, 0.717) is 19.0 Å². The Labute approximate surface area is 140 Å². The summed E-state index contributed by atoms with van der Waals surface area (Å²) in [4.78, 5) is 16.3. The van der Waals surface area contributed by atoms with E-state index in [1.54, 1.807) is 11.3 Å². The molecule has 0 aliphatic heterocycles. The number of carbonyl (C=O) groups excluding carboxylic acids is 1. The van der Waals surface area contributed by atoms with Crippen LogP contribution in [-0.2, 0) is 22.5 Å². The zero-order chi connectivity index (χ0) is 15.4. The van der Waals surface area contributed by atoms with Gasteiger partial charge in [0.1, 0.15) is 5.82 Å². The number of anilines is 1. The molecule has 2 aromatic rings. The van der Waals surface area contributed by atoms with Crippen molar-refractivity contribution in [2.75, 3.05) is 12.3 Å². The lowest BCUT2D eigenvalue weighted by molar-refractivity contribution is -0.689. The van der Waals surface area contributed by atoms with Gasteiger partial charge in [-0.25, -0.2) is 4.98 Å². The number of rotatable bonds is 5. The summed E-state index contributed by atoms with van der Waals surface area (Å²) in [5.41, 5.74) is 11.1. The summed E-state index contributed by atoms with van der Waals surface area (Å²) in [6.07, 6.45) is 0.741. The number of esters is 1. The number of hydrogen-bond acceptors (Lipinski definition) is 5. The summed E-state index contributed by atoms with van der Waals surface area (Å²) in [5, 5.41) is 0. The average molecular weight is 342 g/mol. The number of pyridine rings is 1. The molecule has 7 heteroatoms. The van der Waals surface area contributed by atoms with Gasteiger partial charge in [0, 0.05) is 26.0 Å². The quantitative estimate of drug-likeness (QED) is 0.547. The zero-order valence-electron chi connectivity index (χ0n) is 12.9. The monoisotopic (exact) mass is 341 g/mol. The summed E-state index contributed by atoms with van der Waals surface area (Å²) in [6, 6.07) is 3.98. The number of nitrogens with zero attached hydrogens (tertiary/aromatic N) is 2. The molecule has 2 N–H and O–H groups in total. The molecule has 0 aliphatic carbocycles. The number of halogens is 1. The van der Waals surface area contributed by atoms with Gasteiger partial charge in [0.15, 0.2) is 12.2 Å². The highest BCUT2D eigenvalue weighted by Gasteiger charge is 2.17. The normalized spacial score (nSPS) is 10.1. The molecule has 2 aromatic heterocycles. The first-order valence-corrected chi connectivity index (χ1v) is 7.67. The van der Waals surface area contributed by atoms with Crippen molar-refractivity contribution in [3.63, 3.8) is 0 Å². The molecule has 0 aromatic carbocycles. The number of nitrogens with two attached hydrogens (primary N) is 1. The van der Waals surface area contributed by atoms with Crippen molar-refractivity contribution in [2.24, 2.45) is 0 Å². The van der Waals surface area contributed by atoms with Crippen molar-refractivity contribution in [1.82, 2.24) is 4.98 Å². The molecule has 0 aliphatic rings. The van der Waals surface area contributed by atoms with Crippen LogP contribution in [0.25, 0.3) is 0 Å². The molecule has 0 unspecified atom stereocenters. The standard InChI is InChI=1S/C15H20N3O2S.ClH/c1-10-4-5-13(15(16)17-10)8-18-9-21-14(11(18)2)6-7-20-12(3)19;/h4-5,9H,6-8H2,1-3H3,(H2,16,17);1H/q+1;/p-1. The summed E-state index contributed by atoms with van der Waals surface area (Å²) in [5.74, 6) is 0.338. The second-order valence-corrected chi connectivity index (χ2v) is 5.89. The predicted octanol–water partition coefficient (Wildman–Crippen LogP) is -1.21. The summed E-state index contributed by atoms with van der Waals surface area (Å²) in [6.45, 7) is 6.54. The SMILES string of the molecule is CC(=O)OCCc1sc[n+](Cc2ccc(C)nc2N)c1C.[Cl-]. The van der Waals surface area contributed by atoms with E-state index in [9.17, 15) is 4.79 Å². The fraction of sp³-hybridized carbons (Fsp3) is 0.400. The molecule has 0 fully saturated rings. The Morgan fingerprint density at radius 2 is 2.14 bits per heavy atom. The smallest absolute Gasteiger partial charge is 0.302 e. The van der Waals surface area contributed by atoms with Gasteiger partial charge in [-0.2, -0.15) is 4.57 Å². The fourth-order valence-electron chi connectivity index (χ4n) is 2.06. The largest absolute Gasteiger partial charge is 1.00 e. The minimum Gasteiger partial charge on any atom is -1.00 e. The minimum absolute atomic E-state index is 0. The van der Waals surface area contributed by atoms with Crippen molar-refractivity contribution in [3.8, 4) is 0 Å². The Balaban J connectivity index is 0.00000242. The third-order valence-corrected chi connectivity index (χ3v) is 4.43. The highest BCUT2D eigenvalue weighted by Crippen LogP contribution is 2.14. The van der Waals surface area contributed by atoms with Gasteiger partial charge in [-0.05, 0) is 19.1 Å². The van der Waals surface area contributed by atoms with Gasteiger partial charge in [-0.15, -0.1) is 0 Å². The van der Waals surface area contributed by atoms with Crippen molar-refractivity contribution >= 4 is 23.1 Å². The van der Waals surface area contributed by atoms with Crippen molar-refractivity contribution in [1.29, 1.82) is 0 Å². The van der Waals surface area contributed by atoms with Crippen molar-refractivity contribution < 1.29 is 26.5 Å². The summed E-state index contributed by atoms with van der Waals surface area (Å²) < 4.78 is 7.14. The Hall–Kier alpha value is -1.66. The maximum atomic E-state index is 10.8. The minimum atomic E-state index is -0.240. The van der Waals surface area contributed by atoms with Crippen LogP contribution in [0.4, 0.5) is 5.82 Å². The van der Waals surface area contributed by atoms with Gasteiger partial charge in [-0.1, -0.05) is 11.3 Å². The molecule has 0 saturated heterocycles. The highest BCUT2D eigenvalue weighted by molar-refractivity contribution is 7.09. The van der Waals surface area contributed by atoms with Crippen molar-refractivity contribution in [2.45, 2.75) is 33.7 Å². The van der Waals surface area contributed by atoms with Crippen LogP contribution in [0.1, 0.15) is 28.8 Å². The van der Waals surface area contributed by atoms with Crippen LogP contribution < -0.4 is 22.7 Å². The Morgan fingerprint density at radius 3 is 2.77 bits per heavy atom. The molecule has 22 heavy (non-hydrogen) atoms. The maximum Gasteiger partial charge on any atom is 0.302 e. The van der Waals surface area contributed by atoms with E-state index in [4.69, 9.17) is 10.5 Å². The van der Waals surface area contributed by atoms with E-state index in [1.807, 2.05) is 19.1 Å². The molecule has 0 atom stereocenters. The van der Waals surface area contributed by atoms with Gasteiger partial charge in [-0.3, -0.25) is 4.79 Å². The number of thiazole rings is 1. The van der Waals surface area contributed by atoms with Crippen LogP contribution in [0.5, 0.6) is 0 Å². The number of aryl methyl sites for hydroxylation is 1. The van der Waals surface area contributed by atoms with E-state index < -0.39 is 0 Å². The fourth-order valence-corrected chi connectivity index (χ4v) is 3.03. The maximum absolute atomic E-state index is 10.8. The molecule has 0 bridgehead atoms. The van der Waals surface area contributed by atoms with Gasteiger partial charge < -0.3 is 22.9 Å². The number of carbonyl (C=O) groups is 1. The second-order valence-electron chi connectivity index (χ2n) is 4.95. The molecule has 120 valence electrons. The van der Waals surface area contributed by atoms with Gasteiger partial charge in [0.05, 0.1) is 17.0 Å². The molecular weight excluding hydrogens is 322 g/mol. The molecule has 0 spiro atoms. The number of ether oxygens (including phenoxy) is 1. The molecule has 2 heterocycles. The van der Waals surface area contributed by atoms with E-state index in [0.717, 1.165) is 17.7 Å². The lowest BCUT2D eigenvalue weighted by Crippen LogP contribution is -3.00. The van der Waals surface area contributed by atoms with Crippen LogP contribution >= 0.6 is 11.3 Å². The average Bonchev–Trinajstić information content (AvgIpc) is 2.74. The molecule has 0 radical (unpaired) electrons. The first kappa shape index (κ1) is 18.4. The van der Waals surface area contributed by atoms with Crippen molar-refractivity contribution in [3.05, 3.63) is 39.5 Å². The molecule has 5 nitrogen and oxygen atoms in total. The molecule has 0 amide bonds. The van der Waals surface area contributed by atoms with Crippen LogP contribution in [0.2, 0.25) is 0 Å². The second kappa shape index (κ2) is 8.10. The van der Waals surface area contributed by atoms with Crippen LogP contribution in [0, 0.1) is 13.8 Å². The summed E-state index contributed by atoms with van der Waals surface area (Å²) >= 11 is 1.67. The van der Waals surface area contributed by atoms with Gasteiger partial charge >= 0.3 is 5.97 Å². The van der Waals surface area contributed by atoms with Gasteiger partial charge in [0.25, 0.3) is 0 Å². The van der Waals surface area contributed by atoms with Crippen LogP contribution in [0.15, 0.2) is 17.6 Å². The van der Waals surface area contributed by atoms with E-state index in [1.165, 1.54) is 17.5 Å². The Kier molecular flexibility index (Phi) is 6.77. The van der Waals surface area contributed by atoms with E-state index >= 15 is 0 Å². The first-order valence-electron chi connectivity index (χ1n) is 6.79. The summed E-state index contributed by atoms with van der Waals surface area (Å²) in [7, 11) is 0. The molecule has 2 rings (SSSR count). The Morgan fingerprint density at radius 1 is 1.41 bits per heavy atom. The third-order valence-electron chi connectivity index (χ3n) is 3.28. The van der Waals surface area contributed by atoms with E-state index in [-0.39, 0.29) is 18.4 Å². The number of hydrogen-bond donors (Lipinski definition) is 1. The lowest BCUT2D eigenvalue weighted by Gasteiger charge is -2.03. The van der Waals surface area contributed by atoms with Gasteiger partial charge in [0.2, 0.25) is 5.51 Å². The number of nitrogen functional groups attached to an aromatic ring is 1. The Bertz CT molecular complexity index is 658. The third kappa shape index (κ3) is 4.68. The predicted molar refractivity (Wildman–Crippen MR) is 82.1 cm³/mol. The first-order chi connectivity index (χ1) is 9.97. The van der Waals surface area contributed by atoms with Crippen LogP contribution in [0.3, 0.4) is 0 Å². The lowest BCUT2D eigenvalue weighted by atomic mass is 10.2. The topological polar surface area (TPSA) is 69.1 Å². The molecular formula is C15H20ClN3O2S. The highest BCUT2D eigenvalue weighted by atomic mass is 35.5. The van der Waals surface area contributed by atoms with E-state index in [2.05, 4.69) is 22.0 Å². The number of aromatic nitrogens is 2. The molecule has 0 saturated carbocycles. The zero-order valence-corrected chi connectivity index (χ0v) is 14.5. The van der Waals surface area contributed by atoms with Crippen LogP contribution in [-0.4, -0.2) is 17.6 Å².